The molecule has 3 rings (SSSR count). The predicted octanol–water partition coefficient (Wildman–Crippen LogP) is 0.948. The van der Waals surface area contributed by atoms with Gasteiger partial charge >= 0.3 is 0 Å². The summed E-state index contributed by atoms with van der Waals surface area (Å²) in [5.74, 6) is 1.06. The van der Waals surface area contributed by atoms with Crippen LogP contribution in [0.2, 0.25) is 0 Å². The average Bonchev–Trinajstić information content (AvgIpc) is 3.14. The molecule has 86 valence electrons. The Morgan fingerprint density at radius 3 is 2.44 bits per heavy atom. The van der Waals surface area contributed by atoms with Crippen LogP contribution >= 0.6 is 0 Å². The Kier molecular flexibility index (Phi) is 2.44. The van der Waals surface area contributed by atoms with Crippen molar-refractivity contribution in [2.24, 2.45) is 0 Å². The Labute approximate surface area is 96.1 Å². The zero-order valence-electron chi connectivity index (χ0n) is 9.47. The minimum Gasteiger partial charge on any atom is -0.397 e. The van der Waals surface area contributed by atoms with Crippen LogP contribution in [0.15, 0.2) is 18.3 Å². The molecule has 1 aliphatic heterocycles. The number of piperazine rings is 1. The van der Waals surface area contributed by atoms with Gasteiger partial charge in [0.15, 0.2) is 0 Å². The molecule has 2 aliphatic rings. The van der Waals surface area contributed by atoms with E-state index in [-0.39, 0.29) is 0 Å². The lowest BCUT2D eigenvalue weighted by Crippen LogP contribution is -2.47. The molecular weight excluding hydrogens is 200 g/mol. The highest BCUT2D eigenvalue weighted by Gasteiger charge is 2.31. The highest BCUT2D eigenvalue weighted by atomic mass is 15.3. The van der Waals surface area contributed by atoms with Gasteiger partial charge in [-0.25, -0.2) is 4.98 Å². The monoisotopic (exact) mass is 218 g/mol. The fraction of sp³-hybridized carbons (Fsp3) is 0.583. The lowest BCUT2D eigenvalue weighted by molar-refractivity contribution is 0.247. The lowest BCUT2D eigenvalue weighted by atomic mass is 10.3. The van der Waals surface area contributed by atoms with Gasteiger partial charge in [-0.2, -0.15) is 0 Å². The van der Waals surface area contributed by atoms with E-state index < -0.39 is 0 Å². The Morgan fingerprint density at radius 2 is 1.88 bits per heavy atom. The van der Waals surface area contributed by atoms with Crippen LogP contribution in [0.1, 0.15) is 12.8 Å². The molecule has 1 aromatic heterocycles. The van der Waals surface area contributed by atoms with Crippen LogP contribution < -0.4 is 10.6 Å². The molecule has 0 aromatic carbocycles. The molecule has 0 unspecified atom stereocenters. The number of anilines is 2. The molecular formula is C12H18N4. The van der Waals surface area contributed by atoms with Crippen molar-refractivity contribution in [1.29, 1.82) is 0 Å². The number of hydrogen-bond acceptors (Lipinski definition) is 4. The minimum absolute atomic E-state index is 0.736. The van der Waals surface area contributed by atoms with Crippen molar-refractivity contribution in [1.82, 2.24) is 9.88 Å². The first kappa shape index (κ1) is 9.90. The maximum atomic E-state index is 5.64. The molecule has 0 amide bonds. The van der Waals surface area contributed by atoms with E-state index in [1.165, 1.54) is 25.9 Å². The van der Waals surface area contributed by atoms with Gasteiger partial charge in [-0.05, 0) is 25.0 Å². The predicted molar refractivity (Wildman–Crippen MR) is 65.5 cm³/mol. The molecule has 2 heterocycles. The van der Waals surface area contributed by atoms with E-state index in [0.717, 1.165) is 30.6 Å². The molecule has 16 heavy (non-hydrogen) atoms. The minimum atomic E-state index is 0.736. The Bertz CT molecular complexity index is 350. The van der Waals surface area contributed by atoms with E-state index in [0.29, 0.717) is 0 Å². The Morgan fingerprint density at radius 1 is 1.12 bits per heavy atom. The topological polar surface area (TPSA) is 45.4 Å². The van der Waals surface area contributed by atoms with Crippen LogP contribution in [0.25, 0.3) is 0 Å². The standard InChI is InChI=1S/C12H18N4/c13-10-1-4-12(14-9-10)16-7-5-15(6-8-16)11-2-3-11/h1,4,9,11H,2-3,5-8,13H2. The van der Waals surface area contributed by atoms with E-state index in [4.69, 9.17) is 5.73 Å². The summed E-state index contributed by atoms with van der Waals surface area (Å²) in [6.07, 6.45) is 4.54. The zero-order valence-corrected chi connectivity index (χ0v) is 9.47. The van der Waals surface area contributed by atoms with Crippen molar-refractivity contribution in [2.45, 2.75) is 18.9 Å². The molecule has 2 fully saturated rings. The second-order valence-corrected chi connectivity index (χ2v) is 4.70. The van der Waals surface area contributed by atoms with Crippen LogP contribution in [-0.4, -0.2) is 42.1 Å². The van der Waals surface area contributed by atoms with Crippen molar-refractivity contribution >= 4 is 11.5 Å². The summed E-state index contributed by atoms with van der Waals surface area (Å²) >= 11 is 0. The quantitative estimate of drug-likeness (QED) is 0.802. The molecule has 1 saturated heterocycles. The molecule has 0 spiro atoms. The van der Waals surface area contributed by atoms with Gasteiger partial charge in [0.1, 0.15) is 5.82 Å². The molecule has 0 bridgehead atoms. The van der Waals surface area contributed by atoms with Crippen LogP contribution in [-0.2, 0) is 0 Å². The van der Waals surface area contributed by atoms with Gasteiger partial charge in [-0.3, -0.25) is 4.90 Å². The van der Waals surface area contributed by atoms with Crippen LogP contribution in [0.3, 0.4) is 0 Å². The van der Waals surface area contributed by atoms with E-state index >= 15 is 0 Å². The second kappa shape index (κ2) is 3.94. The maximum absolute atomic E-state index is 5.64. The van der Waals surface area contributed by atoms with Gasteiger partial charge in [0.2, 0.25) is 0 Å². The summed E-state index contributed by atoms with van der Waals surface area (Å²) in [5, 5.41) is 0. The molecule has 4 heteroatoms. The molecule has 1 aliphatic carbocycles. The molecule has 0 atom stereocenters. The maximum Gasteiger partial charge on any atom is 0.128 e. The Hall–Kier alpha value is -1.29. The number of nitrogen functional groups attached to an aromatic ring is 1. The largest absolute Gasteiger partial charge is 0.397 e. The number of aromatic nitrogens is 1. The number of nitrogens with two attached hydrogens (primary N) is 1. The van der Waals surface area contributed by atoms with Gasteiger partial charge in [-0.15, -0.1) is 0 Å². The fourth-order valence-corrected chi connectivity index (χ4v) is 2.34. The normalized spacial score (nSPS) is 22.4. The van der Waals surface area contributed by atoms with Crippen LogP contribution in [0, 0.1) is 0 Å². The third-order valence-corrected chi connectivity index (χ3v) is 3.47. The van der Waals surface area contributed by atoms with Crippen molar-refractivity contribution in [2.75, 3.05) is 36.8 Å². The number of hydrogen-bond donors (Lipinski definition) is 1. The average molecular weight is 218 g/mol. The molecule has 2 N–H and O–H groups in total. The number of nitrogens with zero attached hydrogens (tertiary/aromatic N) is 3. The second-order valence-electron chi connectivity index (χ2n) is 4.70. The third-order valence-electron chi connectivity index (χ3n) is 3.47. The summed E-state index contributed by atoms with van der Waals surface area (Å²) in [4.78, 5) is 9.32. The number of rotatable bonds is 2. The SMILES string of the molecule is Nc1ccc(N2CCN(C3CC3)CC2)nc1. The highest BCUT2D eigenvalue weighted by molar-refractivity contribution is 5.46. The van der Waals surface area contributed by atoms with Gasteiger partial charge in [0.05, 0.1) is 11.9 Å². The summed E-state index contributed by atoms with van der Waals surface area (Å²) in [6.45, 7) is 4.54. The van der Waals surface area contributed by atoms with Gasteiger partial charge < -0.3 is 10.6 Å². The van der Waals surface area contributed by atoms with Crippen molar-refractivity contribution in [3.8, 4) is 0 Å². The first-order chi connectivity index (χ1) is 7.83. The molecule has 1 aromatic rings. The van der Waals surface area contributed by atoms with Crippen LogP contribution in [0.5, 0.6) is 0 Å². The van der Waals surface area contributed by atoms with Crippen molar-refractivity contribution in [3.05, 3.63) is 18.3 Å². The smallest absolute Gasteiger partial charge is 0.128 e. The first-order valence-electron chi connectivity index (χ1n) is 6.03. The first-order valence-corrected chi connectivity index (χ1v) is 6.03. The summed E-state index contributed by atoms with van der Waals surface area (Å²) in [6, 6.07) is 4.83. The van der Waals surface area contributed by atoms with E-state index in [2.05, 4.69) is 14.8 Å². The summed E-state index contributed by atoms with van der Waals surface area (Å²) < 4.78 is 0. The van der Waals surface area contributed by atoms with Crippen LogP contribution in [0.4, 0.5) is 11.5 Å². The summed E-state index contributed by atoms with van der Waals surface area (Å²) in [7, 11) is 0. The third kappa shape index (κ3) is 1.97. The number of pyridine rings is 1. The molecule has 1 saturated carbocycles. The van der Waals surface area contributed by atoms with E-state index in [1.807, 2.05) is 12.1 Å². The van der Waals surface area contributed by atoms with E-state index in [9.17, 15) is 0 Å². The molecule has 0 radical (unpaired) electrons. The highest BCUT2D eigenvalue weighted by Crippen LogP contribution is 2.28. The van der Waals surface area contributed by atoms with Crippen molar-refractivity contribution < 1.29 is 0 Å². The molecule has 4 nitrogen and oxygen atoms in total. The van der Waals surface area contributed by atoms with E-state index in [1.54, 1.807) is 6.20 Å². The lowest BCUT2D eigenvalue weighted by Gasteiger charge is -2.35. The summed E-state index contributed by atoms with van der Waals surface area (Å²) in [5.41, 5.74) is 6.37. The van der Waals surface area contributed by atoms with Gasteiger partial charge in [-0.1, -0.05) is 0 Å². The zero-order chi connectivity index (χ0) is 11.0. The Balaban J connectivity index is 1.62. The van der Waals surface area contributed by atoms with Gasteiger partial charge in [0, 0.05) is 32.2 Å². The van der Waals surface area contributed by atoms with Crippen molar-refractivity contribution in [3.63, 3.8) is 0 Å². The van der Waals surface area contributed by atoms with Gasteiger partial charge in [0.25, 0.3) is 0 Å². The fourth-order valence-electron chi connectivity index (χ4n) is 2.34.